The van der Waals surface area contributed by atoms with Crippen LogP contribution in [0.2, 0.25) is 0 Å². The zero-order valence-electron chi connectivity index (χ0n) is 13.8. The van der Waals surface area contributed by atoms with E-state index in [2.05, 4.69) is 26.7 Å². The van der Waals surface area contributed by atoms with Crippen molar-refractivity contribution < 1.29 is 9.90 Å². The number of aliphatic hydroxyl groups is 1. The van der Waals surface area contributed by atoms with Gasteiger partial charge in [-0.3, -0.25) is 9.78 Å². The Morgan fingerprint density at radius 3 is 2.61 bits per heavy atom. The number of carbonyl (C=O) groups is 1. The normalized spacial score (nSPS) is 23.1. The van der Waals surface area contributed by atoms with Crippen LogP contribution in [0.15, 0.2) is 12.4 Å². The van der Waals surface area contributed by atoms with Crippen LogP contribution in [0.25, 0.3) is 0 Å². The number of likely N-dealkylation sites (tertiary alicyclic amines) is 1. The van der Waals surface area contributed by atoms with Gasteiger partial charge >= 0.3 is 0 Å². The minimum atomic E-state index is -0.0852. The maximum absolute atomic E-state index is 12.7. The average molecular weight is 318 g/mol. The van der Waals surface area contributed by atoms with Crippen molar-refractivity contribution in [1.29, 1.82) is 0 Å². The van der Waals surface area contributed by atoms with Crippen molar-refractivity contribution in [3.63, 3.8) is 0 Å². The van der Waals surface area contributed by atoms with E-state index in [1.807, 2.05) is 0 Å². The molecule has 2 aliphatic heterocycles. The Morgan fingerprint density at radius 1 is 1.22 bits per heavy atom. The van der Waals surface area contributed by atoms with Gasteiger partial charge in [-0.05, 0) is 31.6 Å². The molecule has 2 aliphatic rings. The number of hydrogen-bond donors (Lipinski definition) is 1. The Morgan fingerprint density at radius 2 is 2.00 bits per heavy atom. The van der Waals surface area contributed by atoms with Gasteiger partial charge in [-0.2, -0.15) is 0 Å². The van der Waals surface area contributed by atoms with Crippen molar-refractivity contribution in [1.82, 2.24) is 14.9 Å². The highest BCUT2D eigenvalue weighted by atomic mass is 16.3. The second kappa shape index (κ2) is 7.25. The largest absolute Gasteiger partial charge is 0.390 e. The minimum absolute atomic E-state index is 0.0852. The van der Waals surface area contributed by atoms with E-state index in [9.17, 15) is 4.79 Å². The van der Waals surface area contributed by atoms with Gasteiger partial charge in [-0.1, -0.05) is 6.92 Å². The Bertz CT molecular complexity index is 526. The molecule has 6 heteroatoms. The molecule has 0 radical (unpaired) electrons. The lowest BCUT2D eigenvalue weighted by Crippen LogP contribution is -2.46. The summed E-state index contributed by atoms with van der Waals surface area (Å²) < 4.78 is 0. The van der Waals surface area contributed by atoms with Crippen LogP contribution in [-0.2, 0) is 11.4 Å². The molecular weight excluding hydrogens is 292 g/mol. The fourth-order valence-electron chi connectivity index (χ4n) is 3.60. The average Bonchev–Trinajstić information content (AvgIpc) is 2.61. The molecule has 0 bridgehead atoms. The molecular formula is C17H26N4O2. The number of aromatic nitrogens is 2. The second-order valence-electron chi connectivity index (χ2n) is 6.82. The SMILES string of the molecule is CC1CCCN(C(=O)C2CCN(c3cnc(CO)cn3)CC2)C1. The van der Waals surface area contributed by atoms with Crippen LogP contribution in [0.1, 0.15) is 38.3 Å². The molecule has 2 saturated heterocycles. The third kappa shape index (κ3) is 3.80. The van der Waals surface area contributed by atoms with Crippen LogP contribution >= 0.6 is 0 Å². The molecule has 1 aromatic rings. The summed E-state index contributed by atoms with van der Waals surface area (Å²) in [5.41, 5.74) is 0.582. The summed E-state index contributed by atoms with van der Waals surface area (Å²) >= 11 is 0. The zero-order valence-corrected chi connectivity index (χ0v) is 13.8. The van der Waals surface area contributed by atoms with Gasteiger partial charge in [0.1, 0.15) is 5.82 Å². The van der Waals surface area contributed by atoms with E-state index in [0.29, 0.717) is 17.5 Å². The van der Waals surface area contributed by atoms with Gasteiger partial charge in [-0.15, -0.1) is 0 Å². The summed E-state index contributed by atoms with van der Waals surface area (Å²) in [6.45, 7) is 5.68. The van der Waals surface area contributed by atoms with E-state index in [1.54, 1.807) is 12.4 Å². The van der Waals surface area contributed by atoms with Crippen LogP contribution in [0.4, 0.5) is 5.82 Å². The van der Waals surface area contributed by atoms with Crippen molar-refractivity contribution in [2.24, 2.45) is 11.8 Å². The monoisotopic (exact) mass is 318 g/mol. The van der Waals surface area contributed by atoms with Crippen molar-refractivity contribution in [3.8, 4) is 0 Å². The molecule has 1 unspecified atom stereocenters. The minimum Gasteiger partial charge on any atom is -0.390 e. The van der Waals surface area contributed by atoms with Crippen LogP contribution in [0.3, 0.4) is 0 Å². The first-order chi connectivity index (χ1) is 11.2. The first-order valence-electron chi connectivity index (χ1n) is 8.63. The number of hydrogen-bond acceptors (Lipinski definition) is 5. The van der Waals surface area contributed by atoms with Crippen molar-refractivity contribution in [2.45, 2.75) is 39.2 Å². The Kier molecular flexibility index (Phi) is 5.10. The van der Waals surface area contributed by atoms with Gasteiger partial charge in [0, 0.05) is 32.1 Å². The third-order valence-electron chi connectivity index (χ3n) is 4.99. The number of rotatable bonds is 3. The lowest BCUT2D eigenvalue weighted by atomic mass is 9.93. The number of amides is 1. The molecule has 0 aliphatic carbocycles. The molecule has 0 saturated carbocycles. The molecule has 0 spiro atoms. The first-order valence-corrected chi connectivity index (χ1v) is 8.63. The molecule has 0 aromatic carbocycles. The zero-order chi connectivity index (χ0) is 16.2. The summed E-state index contributed by atoms with van der Waals surface area (Å²) in [7, 11) is 0. The predicted octanol–water partition coefficient (Wildman–Crippen LogP) is 1.44. The number of anilines is 1. The van der Waals surface area contributed by atoms with E-state index < -0.39 is 0 Å². The smallest absolute Gasteiger partial charge is 0.225 e. The Labute approximate surface area is 137 Å². The van der Waals surface area contributed by atoms with Crippen molar-refractivity contribution >= 4 is 11.7 Å². The summed E-state index contributed by atoms with van der Waals surface area (Å²) in [4.78, 5) is 25.5. The summed E-state index contributed by atoms with van der Waals surface area (Å²) in [5, 5.41) is 9.02. The van der Waals surface area contributed by atoms with Crippen molar-refractivity contribution in [3.05, 3.63) is 18.1 Å². The molecule has 1 atom stereocenters. The van der Waals surface area contributed by atoms with Gasteiger partial charge in [-0.25, -0.2) is 4.98 Å². The third-order valence-corrected chi connectivity index (χ3v) is 4.99. The fourth-order valence-corrected chi connectivity index (χ4v) is 3.60. The number of aliphatic hydroxyl groups excluding tert-OH is 1. The molecule has 2 fully saturated rings. The van der Waals surface area contributed by atoms with E-state index >= 15 is 0 Å². The molecule has 6 nitrogen and oxygen atoms in total. The van der Waals surface area contributed by atoms with Gasteiger partial charge in [0.25, 0.3) is 0 Å². The lowest BCUT2D eigenvalue weighted by Gasteiger charge is -2.37. The van der Waals surface area contributed by atoms with Gasteiger partial charge in [0.2, 0.25) is 5.91 Å². The van der Waals surface area contributed by atoms with Crippen LogP contribution in [0.5, 0.6) is 0 Å². The van der Waals surface area contributed by atoms with Crippen LogP contribution in [0, 0.1) is 11.8 Å². The van der Waals surface area contributed by atoms with E-state index in [4.69, 9.17) is 5.11 Å². The topological polar surface area (TPSA) is 69.6 Å². The molecule has 1 amide bonds. The Hall–Kier alpha value is -1.69. The molecule has 1 N–H and O–H groups in total. The van der Waals surface area contributed by atoms with Gasteiger partial charge in [0.05, 0.1) is 24.7 Å². The van der Waals surface area contributed by atoms with Gasteiger partial charge < -0.3 is 14.9 Å². The molecule has 23 heavy (non-hydrogen) atoms. The molecule has 1 aromatic heterocycles. The number of piperidine rings is 2. The number of carbonyl (C=O) groups excluding carboxylic acids is 1. The highest BCUT2D eigenvalue weighted by Crippen LogP contribution is 2.25. The van der Waals surface area contributed by atoms with E-state index in [-0.39, 0.29) is 12.5 Å². The second-order valence-corrected chi connectivity index (χ2v) is 6.82. The predicted molar refractivity (Wildman–Crippen MR) is 87.9 cm³/mol. The Balaban J connectivity index is 1.54. The van der Waals surface area contributed by atoms with E-state index in [1.165, 1.54) is 6.42 Å². The number of nitrogens with zero attached hydrogens (tertiary/aromatic N) is 4. The summed E-state index contributed by atoms with van der Waals surface area (Å²) in [6.07, 6.45) is 7.46. The van der Waals surface area contributed by atoms with Crippen molar-refractivity contribution in [2.75, 3.05) is 31.1 Å². The molecule has 3 heterocycles. The van der Waals surface area contributed by atoms with Crippen LogP contribution < -0.4 is 4.90 Å². The molecule has 3 rings (SSSR count). The fraction of sp³-hybridized carbons (Fsp3) is 0.706. The lowest BCUT2D eigenvalue weighted by molar-refractivity contribution is -0.137. The highest BCUT2D eigenvalue weighted by molar-refractivity contribution is 5.79. The molecule has 126 valence electrons. The first kappa shape index (κ1) is 16.2. The van der Waals surface area contributed by atoms with Gasteiger partial charge in [0.15, 0.2) is 0 Å². The summed E-state index contributed by atoms with van der Waals surface area (Å²) in [6, 6.07) is 0. The highest BCUT2D eigenvalue weighted by Gasteiger charge is 2.30. The quantitative estimate of drug-likeness (QED) is 0.913. The van der Waals surface area contributed by atoms with Crippen LogP contribution in [-0.4, -0.2) is 52.1 Å². The standard InChI is InChI=1S/C17H26N4O2/c1-13-3-2-6-21(11-13)17(23)14-4-7-20(8-5-14)16-10-18-15(12-22)9-19-16/h9-10,13-14,22H,2-8,11-12H2,1H3. The summed E-state index contributed by atoms with van der Waals surface area (Å²) in [5.74, 6) is 1.96. The van der Waals surface area contributed by atoms with E-state index in [0.717, 1.165) is 51.3 Å². The maximum Gasteiger partial charge on any atom is 0.225 e. The maximum atomic E-state index is 12.7.